The Bertz CT molecular complexity index is 236. The topological polar surface area (TPSA) is 3.24 Å². The van der Waals surface area contributed by atoms with Gasteiger partial charge in [-0.05, 0) is 63.1 Å². The number of allylic oxidation sites excluding steroid dienone is 2. The first kappa shape index (κ1) is 9.60. The van der Waals surface area contributed by atoms with Crippen LogP contribution in [0.2, 0.25) is 0 Å². The van der Waals surface area contributed by atoms with Gasteiger partial charge in [-0.1, -0.05) is 5.57 Å². The van der Waals surface area contributed by atoms with Crippen LogP contribution >= 0.6 is 12.6 Å². The molecular weight excluding hydrogens is 178 g/mol. The maximum absolute atomic E-state index is 4.56. The summed E-state index contributed by atoms with van der Waals surface area (Å²) < 4.78 is 0. The fourth-order valence-electron chi connectivity index (χ4n) is 2.71. The molecule has 0 unspecified atom stereocenters. The van der Waals surface area contributed by atoms with Gasteiger partial charge in [0, 0.05) is 0 Å². The molecule has 2 rings (SSSR count). The van der Waals surface area contributed by atoms with Crippen molar-refractivity contribution in [2.75, 3.05) is 20.1 Å². The molecule has 0 saturated carbocycles. The molecule has 2 heteroatoms. The summed E-state index contributed by atoms with van der Waals surface area (Å²) in [7, 11) is 2.22. The van der Waals surface area contributed by atoms with Gasteiger partial charge in [0.15, 0.2) is 0 Å². The van der Waals surface area contributed by atoms with Crippen LogP contribution in [0.1, 0.15) is 32.6 Å². The largest absolute Gasteiger partial charge is 0.306 e. The van der Waals surface area contributed by atoms with Crippen molar-refractivity contribution in [2.24, 2.45) is 5.41 Å². The van der Waals surface area contributed by atoms with E-state index in [-0.39, 0.29) is 0 Å². The lowest BCUT2D eigenvalue weighted by Gasteiger charge is -2.39. The Hall–Kier alpha value is 0.0500. The number of hydrogen-bond acceptors (Lipinski definition) is 2. The minimum absolute atomic E-state index is 0.545. The quantitative estimate of drug-likeness (QED) is 0.584. The Morgan fingerprint density at radius 3 is 2.31 bits per heavy atom. The first-order valence-corrected chi connectivity index (χ1v) is 5.66. The van der Waals surface area contributed by atoms with E-state index in [4.69, 9.17) is 0 Å². The second-order valence-electron chi connectivity index (χ2n) is 4.66. The third-order valence-corrected chi connectivity index (χ3v) is 4.57. The molecule has 1 nitrogen and oxygen atoms in total. The lowest BCUT2D eigenvalue weighted by Crippen LogP contribution is -2.37. The molecule has 2 aliphatic rings. The summed E-state index contributed by atoms with van der Waals surface area (Å²) in [5.74, 6) is 0. The summed E-state index contributed by atoms with van der Waals surface area (Å²) >= 11 is 4.56. The van der Waals surface area contributed by atoms with E-state index in [1.807, 2.05) is 0 Å². The summed E-state index contributed by atoms with van der Waals surface area (Å²) in [5, 5.41) is 0. The molecular formula is C11H19NS. The van der Waals surface area contributed by atoms with Crippen molar-refractivity contribution in [2.45, 2.75) is 32.6 Å². The highest BCUT2D eigenvalue weighted by Crippen LogP contribution is 2.50. The summed E-state index contributed by atoms with van der Waals surface area (Å²) in [5.41, 5.74) is 2.13. The van der Waals surface area contributed by atoms with Gasteiger partial charge in [-0.2, -0.15) is 0 Å². The van der Waals surface area contributed by atoms with Crippen LogP contribution in [0.25, 0.3) is 0 Å². The van der Waals surface area contributed by atoms with Crippen molar-refractivity contribution in [1.29, 1.82) is 0 Å². The van der Waals surface area contributed by atoms with E-state index in [2.05, 4.69) is 31.5 Å². The number of hydrogen-bond donors (Lipinski definition) is 1. The number of piperidine rings is 1. The van der Waals surface area contributed by atoms with Crippen LogP contribution in [0, 0.1) is 5.41 Å². The van der Waals surface area contributed by atoms with E-state index >= 15 is 0 Å². The van der Waals surface area contributed by atoms with Crippen molar-refractivity contribution in [1.82, 2.24) is 4.90 Å². The molecule has 0 radical (unpaired) electrons. The summed E-state index contributed by atoms with van der Waals surface area (Å²) in [4.78, 5) is 3.80. The Morgan fingerprint density at radius 2 is 1.85 bits per heavy atom. The average molecular weight is 197 g/mol. The standard InChI is InChI=1S/C11H19NS/c1-9-10(13)3-4-11(9)5-7-12(2)8-6-11/h13H,3-8H2,1-2H3. The van der Waals surface area contributed by atoms with Crippen molar-refractivity contribution >= 4 is 12.6 Å². The SMILES string of the molecule is CC1=C(S)CCC12CCN(C)CC2. The highest BCUT2D eigenvalue weighted by atomic mass is 32.1. The van der Waals surface area contributed by atoms with E-state index in [1.54, 1.807) is 5.57 Å². The van der Waals surface area contributed by atoms with Gasteiger partial charge < -0.3 is 4.90 Å². The smallest absolute Gasteiger partial charge is 0.00134 e. The van der Waals surface area contributed by atoms with Crippen molar-refractivity contribution < 1.29 is 0 Å². The fourth-order valence-corrected chi connectivity index (χ4v) is 3.06. The Kier molecular flexibility index (Phi) is 2.45. The minimum Gasteiger partial charge on any atom is -0.306 e. The van der Waals surface area contributed by atoms with Gasteiger partial charge in [0.2, 0.25) is 0 Å². The van der Waals surface area contributed by atoms with Gasteiger partial charge >= 0.3 is 0 Å². The van der Waals surface area contributed by atoms with E-state index < -0.39 is 0 Å². The molecule has 1 heterocycles. The zero-order valence-corrected chi connectivity index (χ0v) is 9.53. The molecule has 74 valence electrons. The first-order valence-electron chi connectivity index (χ1n) is 5.22. The monoisotopic (exact) mass is 197 g/mol. The molecule has 1 aliphatic heterocycles. The molecule has 0 bridgehead atoms. The molecule has 1 saturated heterocycles. The highest BCUT2D eigenvalue weighted by molar-refractivity contribution is 7.84. The van der Waals surface area contributed by atoms with E-state index in [0.717, 1.165) is 0 Å². The van der Waals surface area contributed by atoms with Crippen LogP contribution < -0.4 is 0 Å². The summed E-state index contributed by atoms with van der Waals surface area (Å²) in [6.07, 6.45) is 5.27. The molecule has 0 atom stereocenters. The molecule has 1 aliphatic carbocycles. The van der Waals surface area contributed by atoms with E-state index in [9.17, 15) is 0 Å². The van der Waals surface area contributed by atoms with Gasteiger partial charge in [0.25, 0.3) is 0 Å². The maximum atomic E-state index is 4.56. The third kappa shape index (κ3) is 1.55. The van der Waals surface area contributed by atoms with Crippen LogP contribution in [0.3, 0.4) is 0 Å². The predicted octanol–water partition coefficient (Wildman–Crippen LogP) is 2.70. The van der Waals surface area contributed by atoms with Crippen LogP contribution in [-0.4, -0.2) is 25.0 Å². The average Bonchev–Trinajstić information content (AvgIpc) is 2.40. The van der Waals surface area contributed by atoms with Gasteiger partial charge in [0.1, 0.15) is 0 Å². The molecule has 1 fully saturated rings. The second-order valence-corrected chi connectivity index (χ2v) is 5.20. The molecule has 0 aromatic carbocycles. The molecule has 0 amide bonds. The van der Waals surface area contributed by atoms with Gasteiger partial charge in [-0.15, -0.1) is 12.6 Å². The van der Waals surface area contributed by atoms with Crippen LogP contribution in [0.4, 0.5) is 0 Å². The summed E-state index contributed by atoms with van der Waals surface area (Å²) in [6, 6.07) is 0. The van der Waals surface area contributed by atoms with Gasteiger partial charge in [0.05, 0.1) is 0 Å². The van der Waals surface area contributed by atoms with Gasteiger partial charge in [-0.3, -0.25) is 0 Å². The fraction of sp³-hybridized carbons (Fsp3) is 0.818. The molecule has 13 heavy (non-hydrogen) atoms. The maximum Gasteiger partial charge on any atom is -0.00134 e. The minimum atomic E-state index is 0.545. The van der Waals surface area contributed by atoms with Crippen molar-refractivity contribution in [3.63, 3.8) is 0 Å². The van der Waals surface area contributed by atoms with Crippen molar-refractivity contribution in [3.05, 3.63) is 10.5 Å². The Morgan fingerprint density at radius 1 is 1.23 bits per heavy atom. The molecule has 1 spiro atoms. The van der Waals surface area contributed by atoms with Crippen LogP contribution in [-0.2, 0) is 0 Å². The van der Waals surface area contributed by atoms with E-state index in [1.165, 1.54) is 43.7 Å². The normalized spacial score (nSPS) is 28.8. The van der Waals surface area contributed by atoms with Crippen LogP contribution in [0.5, 0.6) is 0 Å². The Labute approximate surface area is 86.6 Å². The first-order chi connectivity index (χ1) is 6.14. The zero-order valence-electron chi connectivity index (χ0n) is 8.64. The third-order valence-electron chi connectivity index (χ3n) is 4.01. The highest BCUT2D eigenvalue weighted by Gasteiger charge is 2.39. The lowest BCUT2D eigenvalue weighted by atomic mass is 9.74. The predicted molar refractivity (Wildman–Crippen MR) is 60.1 cm³/mol. The number of thiol groups is 1. The second kappa shape index (κ2) is 3.32. The molecule has 0 aromatic heterocycles. The number of rotatable bonds is 0. The van der Waals surface area contributed by atoms with Gasteiger partial charge in [-0.25, -0.2) is 0 Å². The van der Waals surface area contributed by atoms with Crippen LogP contribution in [0.15, 0.2) is 10.5 Å². The summed E-state index contributed by atoms with van der Waals surface area (Å²) in [6.45, 7) is 4.82. The number of nitrogens with zero attached hydrogens (tertiary/aromatic N) is 1. The zero-order chi connectivity index (χ0) is 9.47. The van der Waals surface area contributed by atoms with E-state index in [0.29, 0.717) is 5.41 Å². The number of likely N-dealkylation sites (tertiary alicyclic amines) is 1. The van der Waals surface area contributed by atoms with Crippen molar-refractivity contribution in [3.8, 4) is 0 Å². The molecule has 0 N–H and O–H groups in total. The lowest BCUT2D eigenvalue weighted by molar-refractivity contribution is 0.154. The Balaban J connectivity index is 2.15. The molecule has 0 aromatic rings.